The fourth-order valence-electron chi connectivity index (χ4n) is 0.980. The highest BCUT2D eigenvalue weighted by atomic mass is 16.4. The summed E-state index contributed by atoms with van der Waals surface area (Å²) < 4.78 is 0. The fraction of sp³-hybridized carbons (Fsp3) is 0. The number of hydrogen-bond acceptors (Lipinski definition) is 2. The molecular formula is C12H11NO3. The summed E-state index contributed by atoms with van der Waals surface area (Å²) >= 11 is 0. The molecule has 16 heavy (non-hydrogen) atoms. The van der Waals surface area contributed by atoms with Crippen LogP contribution < -0.4 is 5.32 Å². The maximum atomic E-state index is 11.2. The van der Waals surface area contributed by atoms with Crippen LogP contribution in [0.3, 0.4) is 0 Å². The molecule has 82 valence electrons. The van der Waals surface area contributed by atoms with Gasteiger partial charge in [-0.25, -0.2) is 4.79 Å². The Morgan fingerprint density at radius 3 is 2.44 bits per heavy atom. The quantitative estimate of drug-likeness (QED) is 0.749. The predicted octanol–water partition coefficient (Wildman–Crippen LogP) is 1.41. The second kappa shape index (κ2) is 5.50. The van der Waals surface area contributed by atoms with Crippen molar-refractivity contribution >= 4 is 18.0 Å². The van der Waals surface area contributed by atoms with Crippen LogP contribution in [0.2, 0.25) is 0 Å². The lowest BCUT2D eigenvalue weighted by atomic mass is 10.2. The van der Waals surface area contributed by atoms with Gasteiger partial charge in [0.25, 0.3) is 0 Å². The van der Waals surface area contributed by atoms with Crippen molar-refractivity contribution in [2.75, 3.05) is 0 Å². The number of carbonyl (C=O) groups excluding carboxylic acids is 1. The van der Waals surface area contributed by atoms with Crippen LogP contribution in [0.4, 0.5) is 0 Å². The second-order valence-corrected chi connectivity index (χ2v) is 3.02. The van der Waals surface area contributed by atoms with Crippen LogP contribution in [-0.4, -0.2) is 17.0 Å². The number of aliphatic carboxylic acids is 1. The first-order chi connectivity index (χ1) is 7.59. The Morgan fingerprint density at radius 2 is 1.88 bits per heavy atom. The third-order valence-corrected chi connectivity index (χ3v) is 1.76. The summed E-state index contributed by atoms with van der Waals surface area (Å²) in [5, 5.41) is 10.6. The largest absolute Gasteiger partial charge is 0.477 e. The monoisotopic (exact) mass is 217 g/mol. The zero-order valence-corrected chi connectivity index (χ0v) is 8.51. The maximum Gasteiger partial charge on any atom is 0.351 e. The minimum Gasteiger partial charge on any atom is -0.477 e. The molecule has 0 saturated heterocycles. The van der Waals surface area contributed by atoms with Gasteiger partial charge in [0.05, 0.1) is 0 Å². The van der Waals surface area contributed by atoms with Gasteiger partial charge in [-0.05, 0) is 11.6 Å². The molecule has 4 heteroatoms. The Morgan fingerprint density at radius 1 is 1.25 bits per heavy atom. The Kier molecular flexibility index (Phi) is 4.03. The molecule has 0 aliphatic carbocycles. The predicted molar refractivity (Wildman–Crippen MR) is 60.4 cm³/mol. The van der Waals surface area contributed by atoms with E-state index in [1.54, 1.807) is 6.08 Å². The topological polar surface area (TPSA) is 66.4 Å². The average Bonchev–Trinajstić information content (AvgIpc) is 2.27. The Bertz CT molecular complexity index is 435. The molecule has 0 bridgehead atoms. The van der Waals surface area contributed by atoms with Gasteiger partial charge in [0, 0.05) is 6.08 Å². The number of hydrogen-bond donors (Lipinski definition) is 2. The van der Waals surface area contributed by atoms with Crippen molar-refractivity contribution in [3.8, 4) is 0 Å². The van der Waals surface area contributed by atoms with Crippen LogP contribution in [-0.2, 0) is 9.59 Å². The van der Waals surface area contributed by atoms with Crippen LogP contribution in [0.25, 0.3) is 6.08 Å². The van der Waals surface area contributed by atoms with E-state index in [1.165, 1.54) is 6.08 Å². The molecule has 0 spiro atoms. The van der Waals surface area contributed by atoms with Crippen LogP contribution in [0.5, 0.6) is 0 Å². The molecule has 0 aliphatic heterocycles. The average molecular weight is 217 g/mol. The minimum absolute atomic E-state index is 0.345. The van der Waals surface area contributed by atoms with Crippen molar-refractivity contribution in [3.05, 3.63) is 54.2 Å². The highest BCUT2D eigenvalue weighted by Gasteiger charge is 2.05. The maximum absolute atomic E-state index is 11.2. The summed E-state index contributed by atoms with van der Waals surface area (Å²) in [5.74, 6) is -1.77. The van der Waals surface area contributed by atoms with Gasteiger partial charge in [-0.2, -0.15) is 0 Å². The zero-order chi connectivity index (χ0) is 12.0. The van der Waals surface area contributed by atoms with Crippen LogP contribution in [0.15, 0.2) is 48.7 Å². The molecule has 1 amide bonds. The van der Waals surface area contributed by atoms with Gasteiger partial charge in [-0.3, -0.25) is 4.79 Å². The SMILES string of the molecule is C=C(NC(=O)C=Cc1ccccc1)C(=O)O. The van der Waals surface area contributed by atoms with Crippen molar-refractivity contribution in [2.24, 2.45) is 0 Å². The standard InChI is InChI=1S/C12H11NO3/c1-9(12(15)16)13-11(14)8-7-10-5-3-2-4-6-10/h2-8H,1H2,(H,13,14)(H,15,16). The highest BCUT2D eigenvalue weighted by Crippen LogP contribution is 2.00. The minimum atomic E-state index is -1.25. The lowest BCUT2D eigenvalue weighted by Gasteiger charge is -1.99. The summed E-state index contributed by atoms with van der Waals surface area (Å²) in [6, 6.07) is 9.21. The van der Waals surface area contributed by atoms with E-state index >= 15 is 0 Å². The van der Waals surface area contributed by atoms with Gasteiger partial charge in [0.15, 0.2) is 0 Å². The molecule has 0 aromatic heterocycles. The molecule has 0 saturated carbocycles. The molecule has 0 aliphatic rings. The molecule has 1 aromatic rings. The summed E-state index contributed by atoms with van der Waals surface area (Å²) in [6.45, 7) is 3.18. The number of carboxylic acid groups (broad SMARTS) is 1. The number of benzene rings is 1. The summed E-state index contributed by atoms with van der Waals surface area (Å²) in [7, 11) is 0. The Labute approximate surface area is 92.9 Å². The first-order valence-electron chi connectivity index (χ1n) is 4.56. The Hall–Kier alpha value is -2.36. The third-order valence-electron chi connectivity index (χ3n) is 1.76. The van der Waals surface area contributed by atoms with Gasteiger partial charge in [0.1, 0.15) is 5.70 Å². The smallest absolute Gasteiger partial charge is 0.351 e. The van der Waals surface area contributed by atoms with E-state index in [0.29, 0.717) is 0 Å². The van der Waals surface area contributed by atoms with E-state index in [0.717, 1.165) is 5.56 Å². The van der Waals surface area contributed by atoms with Crippen molar-refractivity contribution in [3.63, 3.8) is 0 Å². The van der Waals surface area contributed by atoms with Crippen molar-refractivity contribution in [2.45, 2.75) is 0 Å². The number of carbonyl (C=O) groups is 2. The Balaban J connectivity index is 2.55. The molecule has 0 unspecified atom stereocenters. The zero-order valence-electron chi connectivity index (χ0n) is 8.51. The van der Waals surface area contributed by atoms with Crippen LogP contribution >= 0.6 is 0 Å². The third kappa shape index (κ3) is 3.79. The summed E-state index contributed by atoms with van der Waals surface area (Å²) in [4.78, 5) is 21.6. The van der Waals surface area contributed by atoms with E-state index in [4.69, 9.17) is 5.11 Å². The lowest BCUT2D eigenvalue weighted by molar-refractivity contribution is -0.134. The van der Waals surface area contributed by atoms with Crippen LogP contribution in [0.1, 0.15) is 5.56 Å². The van der Waals surface area contributed by atoms with E-state index in [-0.39, 0.29) is 5.70 Å². The van der Waals surface area contributed by atoms with E-state index in [2.05, 4.69) is 11.9 Å². The molecular weight excluding hydrogens is 206 g/mol. The first kappa shape index (κ1) is 11.7. The number of carboxylic acids is 1. The van der Waals surface area contributed by atoms with Crippen molar-refractivity contribution in [1.29, 1.82) is 0 Å². The first-order valence-corrected chi connectivity index (χ1v) is 4.56. The molecule has 1 rings (SSSR count). The molecule has 0 atom stereocenters. The lowest BCUT2D eigenvalue weighted by Crippen LogP contribution is -2.24. The van der Waals surface area contributed by atoms with E-state index in [1.807, 2.05) is 30.3 Å². The van der Waals surface area contributed by atoms with Gasteiger partial charge >= 0.3 is 5.97 Å². The van der Waals surface area contributed by atoms with Gasteiger partial charge in [-0.1, -0.05) is 36.9 Å². The van der Waals surface area contributed by atoms with Crippen molar-refractivity contribution in [1.82, 2.24) is 5.32 Å². The number of nitrogens with one attached hydrogen (secondary N) is 1. The van der Waals surface area contributed by atoms with E-state index < -0.39 is 11.9 Å². The summed E-state index contributed by atoms with van der Waals surface area (Å²) in [5.41, 5.74) is 0.515. The van der Waals surface area contributed by atoms with E-state index in [9.17, 15) is 9.59 Å². The van der Waals surface area contributed by atoms with Crippen LogP contribution in [0, 0.1) is 0 Å². The van der Waals surface area contributed by atoms with Crippen molar-refractivity contribution < 1.29 is 14.7 Å². The summed E-state index contributed by atoms with van der Waals surface area (Å²) in [6.07, 6.45) is 2.84. The fourth-order valence-corrected chi connectivity index (χ4v) is 0.980. The van der Waals surface area contributed by atoms with Gasteiger partial charge in [-0.15, -0.1) is 0 Å². The molecule has 0 radical (unpaired) electrons. The number of amides is 1. The molecule has 0 heterocycles. The second-order valence-electron chi connectivity index (χ2n) is 3.02. The molecule has 4 nitrogen and oxygen atoms in total. The number of rotatable bonds is 4. The molecule has 1 aromatic carbocycles. The highest BCUT2D eigenvalue weighted by molar-refractivity contribution is 5.98. The molecule has 0 fully saturated rings. The normalized spacial score (nSPS) is 10.0. The molecule has 2 N–H and O–H groups in total. The van der Waals surface area contributed by atoms with Gasteiger partial charge < -0.3 is 10.4 Å². The van der Waals surface area contributed by atoms with Gasteiger partial charge in [0.2, 0.25) is 5.91 Å².